The van der Waals surface area contributed by atoms with Crippen LogP contribution >= 0.6 is 0 Å². The summed E-state index contributed by atoms with van der Waals surface area (Å²) in [6, 6.07) is 14.0. The minimum atomic E-state index is -0.761. The number of aromatic amines is 1. The van der Waals surface area contributed by atoms with Crippen molar-refractivity contribution in [3.63, 3.8) is 0 Å². The van der Waals surface area contributed by atoms with Crippen molar-refractivity contribution in [1.29, 1.82) is 0 Å². The Labute approximate surface area is 202 Å². The van der Waals surface area contributed by atoms with Gasteiger partial charge in [0.15, 0.2) is 0 Å². The fraction of sp³-hybridized carbons (Fsp3) is 0.240. The topological polar surface area (TPSA) is 138 Å². The Bertz CT molecular complexity index is 1190. The number of H-pyrrole nitrogens is 1. The molecule has 4 rings (SSSR count). The lowest BCUT2D eigenvalue weighted by Crippen LogP contribution is -2.33. The summed E-state index contributed by atoms with van der Waals surface area (Å²) >= 11 is 0. The van der Waals surface area contributed by atoms with E-state index < -0.39 is 6.10 Å². The van der Waals surface area contributed by atoms with Crippen molar-refractivity contribution in [2.24, 2.45) is 0 Å². The first-order chi connectivity index (χ1) is 17.0. The number of benzene rings is 2. The van der Waals surface area contributed by atoms with E-state index in [4.69, 9.17) is 9.47 Å². The molecular weight excluding hydrogens is 450 g/mol. The lowest BCUT2D eigenvalue weighted by Gasteiger charge is -2.15. The molecule has 3 aromatic rings. The minimum Gasteiger partial charge on any atom is -0.492 e. The largest absolute Gasteiger partial charge is 0.492 e. The van der Waals surface area contributed by atoms with E-state index in [1.807, 2.05) is 0 Å². The van der Waals surface area contributed by atoms with Crippen LogP contribution in [0.2, 0.25) is 0 Å². The number of hydrogen-bond donors (Lipinski definition) is 5. The van der Waals surface area contributed by atoms with Crippen molar-refractivity contribution in [2.45, 2.75) is 6.10 Å². The van der Waals surface area contributed by atoms with Crippen LogP contribution in [0.25, 0.3) is 11.6 Å². The first-order valence-electron chi connectivity index (χ1n) is 11.2. The van der Waals surface area contributed by atoms with E-state index in [1.165, 1.54) is 0 Å². The third-order valence-electron chi connectivity index (χ3n) is 5.31. The molecule has 2 amide bonds. The van der Waals surface area contributed by atoms with Crippen LogP contribution in [0.4, 0.5) is 5.69 Å². The molecule has 0 radical (unpaired) electrons. The van der Waals surface area contributed by atoms with Gasteiger partial charge in [-0.2, -0.15) is 5.10 Å². The Balaban J connectivity index is 1.23. The predicted molar refractivity (Wildman–Crippen MR) is 131 cm³/mol. The van der Waals surface area contributed by atoms with E-state index in [9.17, 15) is 14.7 Å². The minimum absolute atomic E-state index is 0.0524. The normalized spacial score (nSPS) is 14.3. The number of aromatic nitrogens is 2. The van der Waals surface area contributed by atoms with Gasteiger partial charge in [-0.3, -0.25) is 14.7 Å². The number of anilines is 1. The summed E-state index contributed by atoms with van der Waals surface area (Å²) in [7, 11) is 1.58. The van der Waals surface area contributed by atoms with Gasteiger partial charge in [0, 0.05) is 31.9 Å². The standard InChI is InChI=1S/C25H27N5O5/c1-26-24(32)16-5-7-19(8-6-16)34-12-11-27-14-18(31)15-35-22-4-2-3-21-23(22)20(25(33)29-21)13-17-9-10-28-30-17/h2-10,13,18,27,31H,11-12,14-15H2,1H3,(H,26,32)(H,28,30)(H,29,33). The van der Waals surface area contributed by atoms with Crippen molar-refractivity contribution < 1.29 is 24.2 Å². The van der Waals surface area contributed by atoms with Gasteiger partial charge in [-0.25, -0.2) is 0 Å². The molecular formula is C25H27N5O5. The molecule has 182 valence electrons. The number of fused-ring (bicyclic) bond motifs is 1. The van der Waals surface area contributed by atoms with Gasteiger partial charge in [0.25, 0.3) is 11.8 Å². The molecule has 0 saturated carbocycles. The first-order valence-corrected chi connectivity index (χ1v) is 11.2. The number of nitrogens with one attached hydrogen (secondary N) is 4. The lowest BCUT2D eigenvalue weighted by molar-refractivity contribution is -0.110. The number of aliphatic hydroxyl groups is 1. The van der Waals surface area contributed by atoms with Gasteiger partial charge in [-0.1, -0.05) is 6.07 Å². The third kappa shape index (κ3) is 6.05. The molecule has 0 fully saturated rings. The fourth-order valence-corrected chi connectivity index (χ4v) is 3.58. The highest BCUT2D eigenvalue weighted by Crippen LogP contribution is 2.39. The Hall–Kier alpha value is -4.15. The molecule has 10 nitrogen and oxygen atoms in total. The third-order valence-corrected chi connectivity index (χ3v) is 5.31. The summed E-state index contributed by atoms with van der Waals surface area (Å²) in [5, 5.41) is 25.6. The van der Waals surface area contributed by atoms with Crippen molar-refractivity contribution in [3.05, 3.63) is 71.5 Å². The maximum Gasteiger partial charge on any atom is 0.256 e. The van der Waals surface area contributed by atoms with Gasteiger partial charge in [-0.05, 0) is 48.5 Å². The number of aliphatic hydroxyl groups excluding tert-OH is 1. The average molecular weight is 478 g/mol. The number of nitrogens with zero attached hydrogens (tertiary/aromatic N) is 1. The SMILES string of the molecule is CNC(=O)c1ccc(OCCNCC(O)COc2cccc3c2C(=Cc2ccn[nH]2)C(=O)N3)cc1. The molecule has 1 aliphatic heterocycles. The highest BCUT2D eigenvalue weighted by Gasteiger charge is 2.28. The molecule has 2 aromatic carbocycles. The quantitative estimate of drug-likeness (QED) is 0.209. The average Bonchev–Trinajstić information content (AvgIpc) is 3.50. The molecule has 0 aliphatic carbocycles. The molecule has 35 heavy (non-hydrogen) atoms. The van der Waals surface area contributed by atoms with Crippen molar-refractivity contribution in [1.82, 2.24) is 20.8 Å². The van der Waals surface area contributed by atoms with Crippen LogP contribution in [0.1, 0.15) is 21.6 Å². The molecule has 5 N–H and O–H groups in total. The van der Waals surface area contributed by atoms with Gasteiger partial charge in [0.2, 0.25) is 0 Å². The number of hydrogen-bond acceptors (Lipinski definition) is 7. The van der Waals surface area contributed by atoms with Gasteiger partial charge in [0.05, 0.1) is 22.5 Å². The van der Waals surface area contributed by atoms with Crippen LogP contribution in [-0.2, 0) is 4.79 Å². The summed E-state index contributed by atoms with van der Waals surface area (Å²) in [6.07, 6.45) is 2.56. The zero-order chi connectivity index (χ0) is 24.6. The van der Waals surface area contributed by atoms with Crippen LogP contribution in [0.15, 0.2) is 54.7 Å². The summed E-state index contributed by atoms with van der Waals surface area (Å²) in [6.45, 7) is 1.28. The highest BCUT2D eigenvalue weighted by molar-refractivity contribution is 6.35. The van der Waals surface area contributed by atoms with Crippen LogP contribution in [0.3, 0.4) is 0 Å². The maximum absolute atomic E-state index is 12.5. The molecule has 0 saturated heterocycles. The van der Waals surface area contributed by atoms with Crippen LogP contribution in [0, 0.1) is 0 Å². The number of carbonyl (C=O) groups excluding carboxylic acids is 2. The smallest absolute Gasteiger partial charge is 0.256 e. The van der Waals surface area contributed by atoms with E-state index in [2.05, 4.69) is 26.1 Å². The zero-order valence-corrected chi connectivity index (χ0v) is 19.2. The Kier molecular flexibility index (Phi) is 7.76. The molecule has 1 aromatic heterocycles. The zero-order valence-electron chi connectivity index (χ0n) is 19.2. The van der Waals surface area contributed by atoms with Gasteiger partial charge >= 0.3 is 0 Å². The van der Waals surface area contributed by atoms with Crippen molar-refractivity contribution >= 4 is 29.2 Å². The van der Waals surface area contributed by atoms with Crippen molar-refractivity contribution in [3.8, 4) is 11.5 Å². The Morgan fingerprint density at radius 3 is 2.74 bits per heavy atom. The van der Waals surface area contributed by atoms with E-state index in [1.54, 1.807) is 67.9 Å². The number of amides is 2. The summed E-state index contributed by atoms with van der Waals surface area (Å²) in [5.74, 6) is 0.788. The van der Waals surface area contributed by atoms with E-state index in [-0.39, 0.29) is 18.4 Å². The molecule has 1 aliphatic rings. The van der Waals surface area contributed by atoms with Gasteiger partial charge < -0.3 is 30.5 Å². The Morgan fingerprint density at radius 2 is 2.00 bits per heavy atom. The number of ether oxygens (including phenoxy) is 2. The van der Waals surface area contributed by atoms with Crippen LogP contribution in [0.5, 0.6) is 11.5 Å². The monoisotopic (exact) mass is 477 g/mol. The molecule has 1 atom stereocenters. The molecule has 1 unspecified atom stereocenters. The van der Waals surface area contributed by atoms with E-state index in [0.717, 1.165) is 0 Å². The van der Waals surface area contributed by atoms with Crippen LogP contribution < -0.4 is 25.4 Å². The summed E-state index contributed by atoms with van der Waals surface area (Å²) in [5.41, 5.74) is 3.04. The van der Waals surface area contributed by atoms with Crippen molar-refractivity contribution in [2.75, 3.05) is 38.7 Å². The number of rotatable bonds is 11. The first kappa shape index (κ1) is 24.0. The summed E-state index contributed by atoms with van der Waals surface area (Å²) < 4.78 is 11.5. The van der Waals surface area contributed by atoms with Gasteiger partial charge in [0.1, 0.15) is 30.8 Å². The number of carbonyl (C=O) groups is 2. The fourth-order valence-electron chi connectivity index (χ4n) is 3.58. The maximum atomic E-state index is 12.5. The van der Waals surface area contributed by atoms with Crippen LogP contribution in [-0.4, -0.2) is 66.6 Å². The second kappa shape index (κ2) is 11.3. The molecule has 10 heteroatoms. The highest BCUT2D eigenvalue weighted by atomic mass is 16.5. The second-order valence-electron chi connectivity index (χ2n) is 7.82. The lowest BCUT2D eigenvalue weighted by atomic mass is 10.0. The predicted octanol–water partition coefficient (Wildman–Crippen LogP) is 1.67. The molecule has 0 spiro atoms. The van der Waals surface area contributed by atoms with E-state index >= 15 is 0 Å². The van der Waals surface area contributed by atoms with E-state index in [0.29, 0.717) is 59.3 Å². The second-order valence-corrected chi connectivity index (χ2v) is 7.82. The Morgan fingerprint density at radius 1 is 1.17 bits per heavy atom. The summed E-state index contributed by atoms with van der Waals surface area (Å²) in [4.78, 5) is 24.0. The molecule has 0 bridgehead atoms. The molecule has 2 heterocycles. The van der Waals surface area contributed by atoms with Gasteiger partial charge in [-0.15, -0.1) is 0 Å².